The number of carboxylic acid groups (broad SMARTS) is 1. The monoisotopic (exact) mass is 278 g/mol. The molecule has 0 aromatic heterocycles. The number of amides is 2. The molecular formula is C15H22N2O3. The minimum absolute atomic E-state index is 0.0357. The van der Waals surface area contributed by atoms with Crippen molar-refractivity contribution in [2.45, 2.75) is 45.7 Å². The van der Waals surface area contributed by atoms with E-state index in [1.165, 1.54) is 0 Å². The molecule has 0 fully saturated rings. The number of carbonyl (C=O) groups excluding carboxylic acids is 1. The van der Waals surface area contributed by atoms with E-state index in [4.69, 9.17) is 5.11 Å². The van der Waals surface area contributed by atoms with E-state index in [0.717, 1.165) is 24.0 Å². The largest absolute Gasteiger partial charge is 0.481 e. The first-order valence-corrected chi connectivity index (χ1v) is 6.89. The van der Waals surface area contributed by atoms with Crippen molar-refractivity contribution in [3.8, 4) is 0 Å². The molecule has 3 N–H and O–H groups in total. The first-order valence-electron chi connectivity index (χ1n) is 6.89. The lowest BCUT2D eigenvalue weighted by atomic mass is 10.0. The normalized spacial score (nSPS) is 10.3. The molecule has 0 aliphatic rings. The van der Waals surface area contributed by atoms with E-state index in [1.807, 2.05) is 26.0 Å². The predicted molar refractivity (Wildman–Crippen MR) is 77.5 cm³/mol. The smallest absolute Gasteiger partial charge is 0.315 e. The van der Waals surface area contributed by atoms with Crippen LogP contribution in [0.25, 0.3) is 0 Å². The van der Waals surface area contributed by atoms with Crippen LogP contribution in [0.5, 0.6) is 0 Å². The molecular weight excluding hydrogens is 256 g/mol. The van der Waals surface area contributed by atoms with Crippen molar-refractivity contribution in [2.24, 2.45) is 0 Å². The maximum absolute atomic E-state index is 11.7. The molecule has 0 aliphatic carbocycles. The number of urea groups is 1. The van der Waals surface area contributed by atoms with Gasteiger partial charge in [-0.3, -0.25) is 4.79 Å². The molecule has 5 nitrogen and oxygen atoms in total. The third-order valence-corrected chi connectivity index (χ3v) is 3.22. The number of aliphatic carboxylic acids is 1. The van der Waals surface area contributed by atoms with Gasteiger partial charge in [0.15, 0.2) is 0 Å². The van der Waals surface area contributed by atoms with Crippen LogP contribution in [-0.4, -0.2) is 23.1 Å². The van der Waals surface area contributed by atoms with Crippen molar-refractivity contribution in [1.29, 1.82) is 0 Å². The quantitative estimate of drug-likeness (QED) is 0.716. The molecule has 0 spiro atoms. The number of nitrogens with one attached hydrogen (secondary N) is 2. The van der Waals surface area contributed by atoms with E-state index >= 15 is 0 Å². The van der Waals surface area contributed by atoms with Crippen LogP contribution in [0.1, 0.15) is 37.8 Å². The molecule has 0 saturated heterocycles. The molecule has 20 heavy (non-hydrogen) atoms. The van der Waals surface area contributed by atoms with Crippen LogP contribution in [0.4, 0.5) is 4.79 Å². The van der Waals surface area contributed by atoms with Crippen molar-refractivity contribution in [1.82, 2.24) is 10.6 Å². The zero-order valence-electron chi connectivity index (χ0n) is 12.0. The first-order chi connectivity index (χ1) is 9.56. The Morgan fingerprint density at radius 2 is 1.75 bits per heavy atom. The molecule has 1 rings (SSSR count). The standard InChI is InChI=1S/C15H22N2O3/c1-3-13(4-2)17-15(20)16-10-12-8-6-5-7-11(12)9-14(18)19/h5-8,13H,3-4,9-10H2,1-2H3,(H,18,19)(H2,16,17,20). The summed E-state index contributed by atoms with van der Waals surface area (Å²) >= 11 is 0. The van der Waals surface area contributed by atoms with Gasteiger partial charge in [0.25, 0.3) is 0 Å². The lowest BCUT2D eigenvalue weighted by Gasteiger charge is -2.16. The summed E-state index contributed by atoms with van der Waals surface area (Å²) < 4.78 is 0. The van der Waals surface area contributed by atoms with E-state index in [-0.39, 0.29) is 18.5 Å². The summed E-state index contributed by atoms with van der Waals surface area (Å²) in [5, 5.41) is 14.5. The van der Waals surface area contributed by atoms with E-state index in [1.54, 1.807) is 12.1 Å². The molecule has 0 bridgehead atoms. The van der Waals surface area contributed by atoms with Crippen LogP contribution in [0.3, 0.4) is 0 Å². The molecule has 110 valence electrons. The number of carbonyl (C=O) groups is 2. The lowest BCUT2D eigenvalue weighted by Crippen LogP contribution is -2.41. The average molecular weight is 278 g/mol. The van der Waals surface area contributed by atoms with Crippen molar-refractivity contribution < 1.29 is 14.7 Å². The highest BCUT2D eigenvalue weighted by Gasteiger charge is 2.10. The van der Waals surface area contributed by atoms with E-state index in [0.29, 0.717) is 6.54 Å². The van der Waals surface area contributed by atoms with Crippen molar-refractivity contribution in [2.75, 3.05) is 0 Å². The van der Waals surface area contributed by atoms with Gasteiger partial charge < -0.3 is 15.7 Å². The van der Waals surface area contributed by atoms with Gasteiger partial charge in [-0.1, -0.05) is 38.1 Å². The molecule has 1 aromatic carbocycles. The molecule has 0 radical (unpaired) electrons. The van der Waals surface area contributed by atoms with E-state index in [9.17, 15) is 9.59 Å². The van der Waals surface area contributed by atoms with Crippen LogP contribution >= 0.6 is 0 Å². The van der Waals surface area contributed by atoms with Crippen LogP contribution in [0, 0.1) is 0 Å². The Balaban J connectivity index is 2.57. The second kappa shape index (κ2) is 8.19. The zero-order chi connectivity index (χ0) is 15.0. The summed E-state index contributed by atoms with van der Waals surface area (Å²) in [6.45, 7) is 4.38. The third-order valence-electron chi connectivity index (χ3n) is 3.22. The van der Waals surface area contributed by atoms with Gasteiger partial charge in [-0.25, -0.2) is 4.79 Å². The second-order valence-electron chi connectivity index (χ2n) is 4.68. The molecule has 0 saturated carbocycles. The topological polar surface area (TPSA) is 78.4 Å². The average Bonchev–Trinajstić information content (AvgIpc) is 2.43. The molecule has 0 unspecified atom stereocenters. The maximum atomic E-state index is 11.7. The minimum Gasteiger partial charge on any atom is -0.481 e. The predicted octanol–water partition coefficient (Wildman–Crippen LogP) is 2.30. The van der Waals surface area contributed by atoms with Crippen LogP contribution in [0.15, 0.2) is 24.3 Å². The fourth-order valence-corrected chi connectivity index (χ4v) is 1.97. The Morgan fingerprint density at radius 1 is 1.15 bits per heavy atom. The number of hydrogen-bond donors (Lipinski definition) is 3. The van der Waals surface area contributed by atoms with Crippen molar-refractivity contribution >= 4 is 12.0 Å². The number of hydrogen-bond acceptors (Lipinski definition) is 2. The summed E-state index contributed by atoms with van der Waals surface area (Å²) in [4.78, 5) is 22.5. The number of benzene rings is 1. The summed E-state index contributed by atoms with van der Waals surface area (Å²) in [5.41, 5.74) is 1.55. The Labute approximate surface area is 119 Å². The van der Waals surface area contributed by atoms with Gasteiger partial charge in [0, 0.05) is 12.6 Å². The van der Waals surface area contributed by atoms with Gasteiger partial charge in [0.2, 0.25) is 0 Å². The summed E-state index contributed by atoms with van der Waals surface area (Å²) in [5.74, 6) is -0.876. The van der Waals surface area contributed by atoms with Gasteiger partial charge in [-0.15, -0.1) is 0 Å². The summed E-state index contributed by atoms with van der Waals surface area (Å²) in [7, 11) is 0. The second-order valence-corrected chi connectivity index (χ2v) is 4.68. The fraction of sp³-hybridized carbons (Fsp3) is 0.467. The van der Waals surface area contributed by atoms with E-state index < -0.39 is 5.97 Å². The molecule has 5 heteroatoms. The summed E-state index contributed by atoms with van der Waals surface area (Å²) in [6.07, 6.45) is 1.74. The molecule has 0 atom stereocenters. The van der Waals surface area contributed by atoms with Crippen LogP contribution in [0.2, 0.25) is 0 Å². The van der Waals surface area contributed by atoms with Gasteiger partial charge in [-0.2, -0.15) is 0 Å². The molecule has 0 aliphatic heterocycles. The van der Waals surface area contributed by atoms with Gasteiger partial charge in [0.05, 0.1) is 6.42 Å². The van der Waals surface area contributed by atoms with Gasteiger partial charge >= 0.3 is 12.0 Å². The van der Waals surface area contributed by atoms with Crippen LogP contribution < -0.4 is 10.6 Å². The number of carboxylic acids is 1. The Kier molecular flexibility index (Phi) is 6.56. The zero-order valence-corrected chi connectivity index (χ0v) is 12.0. The first kappa shape index (κ1) is 16.0. The molecule has 1 aromatic rings. The number of rotatable bonds is 7. The van der Waals surface area contributed by atoms with Crippen molar-refractivity contribution in [3.63, 3.8) is 0 Å². The molecule has 2 amide bonds. The van der Waals surface area contributed by atoms with Crippen molar-refractivity contribution in [3.05, 3.63) is 35.4 Å². The Morgan fingerprint density at radius 3 is 2.30 bits per heavy atom. The Hall–Kier alpha value is -2.04. The van der Waals surface area contributed by atoms with E-state index in [2.05, 4.69) is 10.6 Å². The van der Waals surface area contributed by atoms with Crippen LogP contribution in [-0.2, 0) is 17.8 Å². The highest BCUT2D eigenvalue weighted by atomic mass is 16.4. The SMILES string of the molecule is CCC(CC)NC(=O)NCc1ccccc1CC(=O)O. The van der Waals surface area contributed by atoms with Gasteiger partial charge in [-0.05, 0) is 24.0 Å². The maximum Gasteiger partial charge on any atom is 0.315 e. The molecule has 0 heterocycles. The van der Waals surface area contributed by atoms with Gasteiger partial charge in [0.1, 0.15) is 0 Å². The highest BCUT2D eigenvalue weighted by Crippen LogP contribution is 2.09. The minimum atomic E-state index is -0.876. The third kappa shape index (κ3) is 5.30. The lowest BCUT2D eigenvalue weighted by molar-refractivity contribution is -0.136. The Bertz CT molecular complexity index is 456. The fourth-order valence-electron chi connectivity index (χ4n) is 1.97. The highest BCUT2D eigenvalue weighted by molar-refractivity contribution is 5.74. The summed E-state index contributed by atoms with van der Waals surface area (Å²) in [6, 6.07) is 7.18.